The first kappa shape index (κ1) is 12.7. The molecule has 0 aliphatic rings. The molecule has 0 fully saturated rings. The summed E-state index contributed by atoms with van der Waals surface area (Å²) in [5.41, 5.74) is 5.61. The van der Waals surface area contributed by atoms with Gasteiger partial charge in [0.15, 0.2) is 0 Å². The molecule has 6 nitrogen and oxygen atoms in total. The van der Waals surface area contributed by atoms with E-state index in [4.69, 9.17) is 15.2 Å². The molecule has 1 aromatic rings. The van der Waals surface area contributed by atoms with E-state index in [-0.39, 0.29) is 6.10 Å². The number of methoxy groups -OCH3 is 2. The van der Waals surface area contributed by atoms with Crippen molar-refractivity contribution in [2.24, 2.45) is 0 Å². The number of aromatic nitrogens is 2. The molecule has 1 atom stereocenters. The van der Waals surface area contributed by atoms with Crippen molar-refractivity contribution in [3.63, 3.8) is 0 Å². The molecule has 0 spiro atoms. The first-order valence-electron chi connectivity index (χ1n) is 5.02. The Balaban J connectivity index is 2.52. The number of nitrogens with one attached hydrogen (secondary N) is 1. The molecule has 0 aromatic carbocycles. The average molecular weight is 226 g/mol. The second-order valence-electron chi connectivity index (χ2n) is 3.42. The standard InChI is InChI=1S/C10H18N4O2/c1-7-13-9(11)4-10(14-7)12-5-8(16-3)6-15-2/h4,8H,5-6H2,1-3H3,(H3,11,12,13,14). The lowest BCUT2D eigenvalue weighted by molar-refractivity contribution is 0.0365. The summed E-state index contributed by atoms with van der Waals surface area (Å²) in [5, 5.41) is 3.13. The van der Waals surface area contributed by atoms with Gasteiger partial charge in [0.25, 0.3) is 0 Å². The van der Waals surface area contributed by atoms with Crippen molar-refractivity contribution in [2.75, 3.05) is 38.4 Å². The average Bonchev–Trinajstić information content (AvgIpc) is 2.23. The van der Waals surface area contributed by atoms with Gasteiger partial charge in [-0.05, 0) is 6.92 Å². The second-order valence-corrected chi connectivity index (χ2v) is 3.42. The summed E-state index contributed by atoms with van der Waals surface area (Å²) in [4.78, 5) is 8.19. The number of aryl methyl sites for hydroxylation is 1. The highest BCUT2D eigenvalue weighted by Gasteiger charge is 2.07. The van der Waals surface area contributed by atoms with Crippen molar-refractivity contribution < 1.29 is 9.47 Å². The van der Waals surface area contributed by atoms with Crippen molar-refractivity contribution in [1.82, 2.24) is 9.97 Å². The molecule has 1 rings (SSSR count). The lowest BCUT2D eigenvalue weighted by Gasteiger charge is -2.15. The second kappa shape index (κ2) is 6.24. The largest absolute Gasteiger partial charge is 0.384 e. The Labute approximate surface area is 95.2 Å². The van der Waals surface area contributed by atoms with Gasteiger partial charge >= 0.3 is 0 Å². The molecular formula is C10H18N4O2. The smallest absolute Gasteiger partial charge is 0.131 e. The van der Waals surface area contributed by atoms with E-state index in [0.717, 1.165) is 0 Å². The van der Waals surface area contributed by atoms with Gasteiger partial charge in [-0.15, -0.1) is 0 Å². The zero-order chi connectivity index (χ0) is 12.0. The fraction of sp³-hybridized carbons (Fsp3) is 0.600. The van der Waals surface area contributed by atoms with Crippen LogP contribution in [0.25, 0.3) is 0 Å². The summed E-state index contributed by atoms with van der Waals surface area (Å²) in [5.74, 6) is 1.79. The third-order valence-electron chi connectivity index (χ3n) is 2.05. The fourth-order valence-corrected chi connectivity index (χ4v) is 1.30. The van der Waals surface area contributed by atoms with Crippen LogP contribution in [0.1, 0.15) is 5.82 Å². The maximum atomic E-state index is 5.61. The van der Waals surface area contributed by atoms with Gasteiger partial charge in [0.1, 0.15) is 17.5 Å². The van der Waals surface area contributed by atoms with Crippen molar-refractivity contribution >= 4 is 11.6 Å². The summed E-state index contributed by atoms with van der Waals surface area (Å²) in [6.45, 7) is 2.94. The van der Waals surface area contributed by atoms with E-state index in [1.807, 2.05) is 0 Å². The third-order valence-corrected chi connectivity index (χ3v) is 2.05. The van der Waals surface area contributed by atoms with Crippen LogP contribution >= 0.6 is 0 Å². The number of nitrogens with zero attached hydrogens (tertiary/aromatic N) is 2. The van der Waals surface area contributed by atoms with E-state index in [1.54, 1.807) is 27.2 Å². The first-order chi connectivity index (χ1) is 7.65. The van der Waals surface area contributed by atoms with Gasteiger partial charge in [-0.3, -0.25) is 0 Å². The van der Waals surface area contributed by atoms with E-state index in [0.29, 0.717) is 30.6 Å². The SMILES string of the molecule is COCC(CNc1cc(N)nc(C)n1)OC. The molecule has 0 bridgehead atoms. The zero-order valence-electron chi connectivity index (χ0n) is 9.86. The van der Waals surface area contributed by atoms with Crippen LogP contribution in [0.4, 0.5) is 11.6 Å². The Morgan fingerprint density at radius 2 is 2.19 bits per heavy atom. The lowest BCUT2D eigenvalue weighted by Crippen LogP contribution is -2.27. The molecule has 0 saturated heterocycles. The van der Waals surface area contributed by atoms with Gasteiger partial charge < -0.3 is 20.5 Å². The van der Waals surface area contributed by atoms with Crippen LogP contribution in [-0.4, -0.2) is 43.4 Å². The zero-order valence-corrected chi connectivity index (χ0v) is 9.86. The molecule has 0 radical (unpaired) electrons. The summed E-state index contributed by atoms with van der Waals surface area (Å²) >= 11 is 0. The third kappa shape index (κ3) is 4.00. The molecule has 0 amide bonds. The summed E-state index contributed by atoms with van der Waals surface area (Å²) < 4.78 is 10.2. The van der Waals surface area contributed by atoms with Gasteiger partial charge in [-0.25, -0.2) is 9.97 Å². The van der Waals surface area contributed by atoms with E-state index in [1.165, 1.54) is 0 Å². The summed E-state index contributed by atoms with van der Waals surface area (Å²) in [7, 11) is 3.28. The monoisotopic (exact) mass is 226 g/mol. The summed E-state index contributed by atoms with van der Waals surface area (Å²) in [6, 6.07) is 1.69. The normalized spacial score (nSPS) is 12.4. The molecule has 1 unspecified atom stereocenters. The summed E-state index contributed by atoms with van der Waals surface area (Å²) in [6.07, 6.45) is -0.0125. The van der Waals surface area contributed by atoms with E-state index < -0.39 is 0 Å². The number of nitrogen functional groups attached to an aromatic ring is 1. The maximum Gasteiger partial charge on any atom is 0.131 e. The van der Waals surface area contributed by atoms with Gasteiger partial charge in [0, 0.05) is 26.8 Å². The van der Waals surface area contributed by atoms with Crippen molar-refractivity contribution in [2.45, 2.75) is 13.0 Å². The minimum atomic E-state index is -0.0125. The number of hydrogen-bond acceptors (Lipinski definition) is 6. The molecule has 6 heteroatoms. The molecule has 0 saturated carbocycles. The Morgan fingerprint density at radius 1 is 1.44 bits per heavy atom. The van der Waals surface area contributed by atoms with Gasteiger partial charge in [-0.1, -0.05) is 0 Å². The Kier molecular flexibility index (Phi) is 4.94. The van der Waals surface area contributed by atoms with Gasteiger partial charge in [0.2, 0.25) is 0 Å². The lowest BCUT2D eigenvalue weighted by atomic mass is 10.3. The van der Waals surface area contributed by atoms with E-state index in [2.05, 4.69) is 15.3 Å². The maximum absolute atomic E-state index is 5.61. The molecule has 90 valence electrons. The predicted molar refractivity (Wildman–Crippen MR) is 62.3 cm³/mol. The number of ether oxygens (including phenoxy) is 2. The Hall–Kier alpha value is -1.40. The van der Waals surface area contributed by atoms with Crippen molar-refractivity contribution in [3.8, 4) is 0 Å². The highest BCUT2D eigenvalue weighted by molar-refractivity contribution is 5.44. The topological polar surface area (TPSA) is 82.3 Å². The molecule has 3 N–H and O–H groups in total. The van der Waals surface area contributed by atoms with Crippen LogP contribution in [0.2, 0.25) is 0 Å². The predicted octanol–water partition coefficient (Wildman–Crippen LogP) is 0.441. The Bertz CT molecular complexity index is 312. The number of rotatable bonds is 6. The molecule has 16 heavy (non-hydrogen) atoms. The Morgan fingerprint density at radius 3 is 2.75 bits per heavy atom. The molecule has 1 aromatic heterocycles. The minimum absolute atomic E-state index is 0.0125. The highest BCUT2D eigenvalue weighted by Crippen LogP contribution is 2.07. The molecule has 1 heterocycles. The van der Waals surface area contributed by atoms with Crippen LogP contribution in [0.5, 0.6) is 0 Å². The first-order valence-corrected chi connectivity index (χ1v) is 5.02. The van der Waals surface area contributed by atoms with Gasteiger partial charge in [-0.2, -0.15) is 0 Å². The molecule has 0 aliphatic carbocycles. The van der Waals surface area contributed by atoms with Gasteiger partial charge in [0.05, 0.1) is 12.7 Å². The van der Waals surface area contributed by atoms with Crippen molar-refractivity contribution in [1.29, 1.82) is 0 Å². The minimum Gasteiger partial charge on any atom is -0.384 e. The van der Waals surface area contributed by atoms with Crippen LogP contribution in [0.3, 0.4) is 0 Å². The number of nitrogens with two attached hydrogens (primary N) is 1. The number of anilines is 2. The van der Waals surface area contributed by atoms with Crippen LogP contribution in [-0.2, 0) is 9.47 Å². The van der Waals surface area contributed by atoms with E-state index in [9.17, 15) is 0 Å². The van der Waals surface area contributed by atoms with Crippen LogP contribution in [0, 0.1) is 6.92 Å². The molecular weight excluding hydrogens is 208 g/mol. The van der Waals surface area contributed by atoms with E-state index >= 15 is 0 Å². The highest BCUT2D eigenvalue weighted by atomic mass is 16.5. The van der Waals surface area contributed by atoms with Crippen molar-refractivity contribution in [3.05, 3.63) is 11.9 Å². The fourth-order valence-electron chi connectivity index (χ4n) is 1.30. The molecule has 0 aliphatic heterocycles. The van der Waals surface area contributed by atoms with Crippen LogP contribution < -0.4 is 11.1 Å². The number of hydrogen-bond donors (Lipinski definition) is 2. The van der Waals surface area contributed by atoms with Crippen LogP contribution in [0.15, 0.2) is 6.07 Å². The quantitative estimate of drug-likeness (QED) is 0.732.